The minimum Gasteiger partial charge on any atom is -0.494 e. The van der Waals surface area contributed by atoms with Crippen LogP contribution in [-0.2, 0) is 4.79 Å². The van der Waals surface area contributed by atoms with E-state index in [1.165, 1.54) is 12.8 Å². The Morgan fingerprint density at radius 2 is 1.96 bits per heavy atom. The van der Waals surface area contributed by atoms with Gasteiger partial charge in [-0.3, -0.25) is 9.69 Å². The summed E-state index contributed by atoms with van der Waals surface area (Å²) in [7, 11) is 0. The summed E-state index contributed by atoms with van der Waals surface area (Å²) >= 11 is 0. The van der Waals surface area contributed by atoms with Gasteiger partial charge in [-0.15, -0.1) is 0 Å². The second-order valence-electron chi connectivity index (χ2n) is 7.26. The van der Waals surface area contributed by atoms with E-state index in [9.17, 15) is 4.79 Å². The summed E-state index contributed by atoms with van der Waals surface area (Å²) in [6, 6.07) is 10.3. The van der Waals surface area contributed by atoms with Gasteiger partial charge in [-0.2, -0.15) is 5.26 Å². The number of rotatable bonds is 11. The maximum absolute atomic E-state index is 13.0. The van der Waals surface area contributed by atoms with Crippen molar-refractivity contribution >= 4 is 11.6 Å². The highest BCUT2D eigenvalue weighted by Gasteiger charge is 2.31. The summed E-state index contributed by atoms with van der Waals surface area (Å²) in [6.07, 6.45) is 3.80. The largest absolute Gasteiger partial charge is 0.494 e. The van der Waals surface area contributed by atoms with Gasteiger partial charge in [-0.25, -0.2) is 0 Å². The zero-order valence-corrected chi connectivity index (χ0v) is 16.3. The zero-order valence-electron chi connectivity index (χ0n) is 16.3. The number of amides is 1. The van der Waals surface area contributed by atoms with Crippen molar-refractivity contribution in [3.8, 4) is 11.8 Å². The second-order valence-corrected chi connectivity index (χ2v) is 7.26. The molecule has 5 nitrogen and oxygen atoms in total. The van der Waals surface area contributed by atoms with Gasteiger partial charge >= 0.3 is 0 Å². The van der Waals surface area contributed by atoms with Crippen molar-refractivity contribution in [1.82, 2.24) is 4.90 Å². The van der Waals surface area contributed by atoms with Gasteiger partial charge in [0.25, 0.3) is 0 Å². The van der Waals surface area contributed by atoms with E-state index in [2.05, 4.69) is 24.8 Å². The lowest BCUT2D eigenvalue weighted by Crippen LogP contribution is -2.42. The van der Waals surface area contributed by atoms with Crippen LogP contribution in [0.15, 0.2) is 24.3 Å². The zero-order chi connectivity index (χ0) is 18.9. The first-order valence-corrected chi connectivity index (χ1v) is 9.69. The van der Waals surface area contributed by atoms with E-state index in [-0.39, 0.29) is 5.91 Å². The summed E-state index contributed by atoms with van der Waals surface area (Å²) < 4.78 is 5.48. The van der Waals surface area contributed by atoms with Gasteiger partial charge in [0, 0.05) is 18.3 Å². The van der Waals surface area contributed by atoms with Crippen molar-refractivity contribution in [1.29, 1.82) is 5.26 Å². The quantitative estimate of drug-likeness (QED) is 0.604. The lowest BCUT2D eigenvalue weighted by molar-refractivity contribution is -0.120. The van der Waals surface area contributed by atoms with E-state index < -0.39 is 0 Å². The topological polar surface area (TPSA) is 56.6 Å². The van der Waals surface area contributed by atoms with Crippen LogP contribution in [0.5, 0.6) is 5.75 Å². The van der Waals surface area contributed by atoms with Crippen molar-refractivity contribution in [3.05, 3.63) is 24.3 Å². The molecule has 2 rings (SSSR count). The number of nitriles is 1. The van der Waals surface area contributed by atoms with Crippen LogP contribution in [0.2, 0.25) is 0 Å². The monoisotopic (exact) mass is 357 g/mol. The number of ether oxygens (including phenoxy) is 1. The Kier molecular flexibility index (Phi) is 7.93. The molecule has 0 heterocycles. The molecule has 0 radical (unpaired) electrons. The second kappa shape index (κ2) is 10.2. The van der Waals surface area contributed by atoms with Crippen LogP contribution < -0.4 is 9.64 Å². The van der Waals surface area contributed by atoms with Gasteiger partial charge in [0.2, 0.25) is 5.91 Å². The number of anilines is 1. The maximum atomic E-state index is 13.0. The van der Waals surface area contributed by atoms with Crippen LogP contribution in [-0.4, -0.2) is 43.1 Å². The van der Waals surface area contributed by atoms with E-state index >= 15 is 0 Å². The molecule has 0 aliphatic heterocycles. The van der Waals surface area contributed by atoms with Crippen molar-refractivity contribution < 1.29 is 9.53 Å². The molecule has 1 amide bonds. The molecule has 1 aliphatic carbocycles. The first kappa shape index (κ1) is 20.3. The fourth-order valence-electron chi connectivity index (χ4n) is 2.96. The lowest BCUT2D eigenvalue weighted by atomic mass is 10.1. The Morgan fingerprint density at radius 3 is 2.50 bits per heavy atom. The van der Waals surface area contributed by atoms with Crippen LogP contribution in [0, 0.1) is 17.2 Å². The molecule has 1 aromatic carbocycles. The van der Waals surface area contributed by atoms with E-state index in [0.29, 0.717) is 38.1 Å². The van der Waals surface area contributed by atoms with Crippen LogP contribution >= 0.6 is 0 Å². The van der Waals surface area contributed by atoms with Crippen LogP contribution in [0.25, 0.3) is 0 Å². The van der Waals surface area contributed by atoms with Crippen molar-refractivity contribution in [3.63, 3.8) is 0 Å². The highest BCUT2D eigenvalue weighted by molar-refractivity contribution is 5.94. The summed E-state index contributed by atoms with van der Waals surface area (Å²) in [5, 5.41) is 8.96. The number of hydrogen-bond acceptors (Lipinski definition) is 4. The SMILES string of the molecule is CCOc1ccc(N(CCC#N)C(=O)CN(CCC(C)C)C2CC2)cc1. The summed E-state index contributed by atoms with van der Waals surface area (Å²) in [4.78, 5) is 17.0. The molecule has 0 atom stereocenters. The molecule has 0 spiro atoms. The Balaban J connectivity index is 2.06. The third-order valence-electron chi connectivity index (χ3n) is 4.60. The predicted molar refractivity (Wildman–Crippen MR) is 104 cm³/mol. The lowest BCUT2D eigenvalue weighted by Gasteiger charge is -2.27. The van der Waals surface area contributed by atoms with Crippen LogP contribution in [0.1, 0.15) is 46.5 Å². The number of carbonyl (C=O) groups excluding carboxylic acids is 1. The van der Waals surface area contributed by atoms with E-state index in [1.54, 1.807) is 4.90 Å². The Morgan fingerprint density at radius 1 is 1.27 bits per heavy atom. The first-order chi connectivity index (χ1) is 12.5. The minimum atomic E-state index is 0.0695. The molecule has 142 valence electrons. The molecule has 0 saturated heterocycles. The molecule has 0 unspecified atom stereocenters. The molecule has 1 aliphatic rings. The Hall–Kier alpha value is -2.06. The molecule has 1 aromatic rings. The van der Waals surface area contributed by atoms with Gasteiger partial charge in [-0.05, 0) is 62.9 Å². The maximum Gasteiger partial charge on any atom is 0.241 e. The molecule has 0 aromatic heterocycles. The first-order valence-electron chi connectivity index (χ1n) is 9.69. The molecule has 0 N–H and O–H groups in total. The average Bonchev–Trinajstić information content (AvgIpc) is 3.45. The highest BCUT2D eigenvalue weighted by atomic mass is 16.5. The van der Waals surface area contributed by atoms with Crippen molar-refractivity contribution in [2.24, 2.45) is 5.92 Å². The van der Waals surface area contributed by atoms with Gasteiger partial charge in [0.15, 0.2) is 0 Å². The van der Waals surface area contributed by atoms with E-state index in [0.717, 1.165) is 24.4 Å². The molecule has 1 saturated carbocycles. The summed E-state index contributed by atoms with van der Waals surface area (Å²) in [5.41, 5.74) is 0.827. The minimum absolute atomic E-state index is 0.0695. The highest BCUT2D eigenvalue weighted by Crippen LogP contribution is 2.28. The number of carbonyl (C=O) groups is 1. The number of nitrogens with zero attached hydrogens (tertiary/aromatic N) is 3. The Bertz CT molecular complexity index is 603. The fraction of sp³-hybridized carbons (Fsp3) is 0.619. The predicted octanol–water partition coefficient (Wildman–Crippen LogP) is 3.84. The van der Waals surface area contributed by atoms with Crippen molar-refractivity contribution in [2.45, 2.75) is 52.5 Å². The number of benzene rings is 1. The van der Waals surface area contributed by atoms with Crippen LogP contribution in [0.3, 0.4) is 0 Å². The van der Waals surface area contributed by atoms with Gasteiger partial charge < -0.3 is 9.64 Å². The van der Waals surface area contributed by atoms with E-state index in [1.807, 2.05) is 31.2 Å². The summed E-state index contributed by atoms with van der Waals surface area (Å²) in [6.45, 7) is 8.80. The Labute approximate surface area is 157 Å². The van der Waals surface area contributed by atoms with Gasteiger partial charge in [0.05, 0.1) is 25.6 Å². The smallest absolute Gasteiger partial charge is 0.241 e. The molecule has 0 bridgehead atoms. The molecule has 1 fully saturated rings. The molecule has 26 heavy (non-hydrogen) atoms. The fourth-order valence-corrected chi connectivity index (χ4v) is 2.96. The third kappa shape index (κ3) is 6.34. The van der Waals surface area contributed by atoms with Crippen molar-refractivity contribution in [2.75, 3.05) is 31.1 Å². The third-order valence-corrected chi connectivity index (χ3v) is 4.60. The summed E-state index contributed by atoms with van der Waals surface area (Å²) in [5.74, 6) is 1.49. The number of hydrogen-bond donors (Lipinski definition) is 0. The molecular formula is C21H31N3O2. The van der Waals surface area contributed by atoms with Gasteiger partial charge in [-0.1, -0.05) is 13.8 Å². The normalized spacial score (nSPS) is 13.7. The average molecular weight is 357 g/mol. The molecular weight excluding hydrogens is 326 g/mol. The van der Waals surface area contributed by atoms with Crippen LogP contribution in [0.4, 0.5) is 5.69 Å². The van der Waals surface area contributed by atoms with E-state index in [4.69, 9.17) is 10.00 Å². The van der Waals surface area contributed by atoms with Gasteiger partial charge in [0.1, 0.15) is 5.75 Å². The standard InChI is InChI=1S/C21H31N3O2/c1-4-26-20-10-8-19(9-11-20)24(14-5-13-22)21(25)16-23(18-6-7-18)15-12-17(2)3/h8-11,17-18H,4-7,12,14-16H2,1-3H3. The molecule has 5 heteroatoms.